The van der Waals surface area contributed by atoms with Crippen LogP contribution in [0, 0.1) is 0 Å². The molecule has 1 aliphatic heterocycles. The van der Waals surface area contributed by atoms with E-state index in [1.165, 1.54) is 0 Å². The van der Waals surface area contributed by atoms with Gasteiger partial charge in [0.15, 0.2) is 0 Å². The number of methoxy groups -OCH3 is 1. The Balaban J connectivity index is 2.28. The van der Waals surface area contributed by atoms with Crippen LogP contribution in [0.25, 0.3) is 0 Å². The van der Waals surface area contributed by atoms with Crippen LogP contribution in [-0.2, 0) is 4.74 Å². The fraction of sp³-hybridized carbons (Fsp3) is 1.00. The largest absolute Gasteiger partial charge is 0.387 e. The van der Waals surface area contributed by atoms with Gasteiger partial charge < -0.3 is 20.1 Å². The van der Waals surface area contributed by atoms with Crippen molar-refractivity contribution in [3.63, 3.8) is 0 Å². The maximum absolute atomic E-state index is 10.1. The SMILES string of the molecule is COC(C)CN(C)CC1(O)CCNC1. The van der Waals surface area contributed by atoms with Gasteiger partial charge in [-0.25, -0.2) is 0 Å². The maximum atomic E-state index is 10.1. The Bertz CT molecular complexity index is 170. The standard InChI is InChI=1S/C10H22N2O2/c1-9(14-3)6-12(2)8-10(13)4-5-11-7-10/h9,11,13H,4-8H2,1-3H3. The first-order chi connectivity index (χ1) is 6.56. The molecule has 0 aromatic rings. The van der Waals surface area contributed by atoms with E-state index in [1.54, 1.807) is 7.11 Å². The van der Waals surface area contributed by atoms with Crippen LogP contribution >= 0.6 is 0 Å². The first kappa shape index (κ1) is 11.9. The van der Waals surface area contributed by atoms with Gasteiger partial charge in [-0.05, 0) is 26.9 Å². The summed E-state index contributed by atoms with van der Waals surface area (Å²) in [4.78, 5) is 2.13. The van der Waals surface area contributed by atoms with E-state index >= 15 is 0 Å². The summed E-state index contributed by atoms with van der Waals surface area (Å²) in [5, 5.41) is 13.3. The normalized spacial score (nSPS) is 29.8. The van der Waals surface area contributed by atoms with E-state index in [0.29, 0.717) is 13.1 Å². The number of hydrogen-bond donors (Lipinski definition) is 2. The number of hydrogen-bond acceptors (Lipinski definition) is 4. The lowest BCUT2D eigenvalue weighted by Gasteiger charge is -2.29. The average Bonchev–Trinajstić information content (AvgIpc) is 2.51. The molecule has 2 N–H and O–H groups in total. The van der Waals surface area contributed by atoms with Crippen LogP contribution in [0.1, 0.15) is 13.3 Å². The van der Waals surface area contributed by atoms with Crippen molar-refractivity contribution in [1.29, 1.82) is 0 Å². The molecule has 1 fully saturated rings. The second kappa shape index (κ2) is 5.07. The lowest BCUT2D eigenvalue weighted by atomic mass is 10.0. The summed E-state index contributed by atoms with van der Waals surface area (Å²) in [7, 11) is 3.73. The molecule has 0 spiro atoms. The number of aliphatic hydroxyl groups is 1. The molecule has 0 radical (unpaired) electrons. The van der Waals surface area contributed by atoms with Gasteiger partial charge in [-0.3, -0.25) is 0 Å². The molecule has 1 aliphatic rings. The minimum Gasteiger partial charge on any atom is -0.387 e. The first-order valence-corrected chi connectivity index (χ1v) is 5.20. The van der Waals surface area contributed by atoms with Crippen molar-refractivity contribution < 1.29 is 9.84 Å². The van der Waals surface area contributed by atoms with Crippen molar-refractivity contribution >= 4 is 0 Å². The van der Waals surface area contributed by atoms with E-state index in [-0.39, 0.29) is 6.10 Å². The summed E-state index contributed by atoms with van der Waals surface area (Å²) in [6.45, 7) is 5.24. The average molecular weight is 202 g/mol. The van der Waals surface area contributed by atoms with E-state index in [4.69, 9.17) is 4.74 Å². The highest BCUT2D eigenvalue weighted by Crippen LogP contribution is 2.15. The van der Waals surface area contributed by atoms with Crippen LogP contribution in [0.4, 0.5) is 0 Å². The molecule has 0 bridgehead atoms. The highest BCUT2D eigenvalue weighted by molar-refractivity contribution is 4.90. The molecular weight excluding hydrogens is 180 g/mol. The third kappa shape index (κ3) is 3.53. The second-order valence-electron chi connectivity index (χ2n) is 4.39. The topological polar surface area (TPSA) is 44.7 Å². The van der Waals surface area contributed by atoms with Gasteiger partial charge in [0.25, 0.3) is 0 Å². The number of nitrogens with zero attached hydrogens (tertiary/aromatic N) is 1. The molecule has 4 heteroatoms. The fourth-order valence-corrected chi connectivity index (χ4v) is 1.95. The fourth-order valence-electron chi connectivity index (χ4n) is 1.95. The van der Waals surface area contributed by atoms with Crippen molar-refractivity contribution in [2.24, 2.45) is 0 Å². The monoisotopic (exact) mass is 202 g/mol. The zero-order valence-electron chi connectivity index (χ0n) is 9.42. The molecule has 0 amide bonds. The minimum absolute atomic E-state index is 0.220. The Kier molecular flexibility index (Phi) is 4.31. The number of ether oxygens (including phenoxy) is 1. The van der Waals surface area contributed by atoms with Gasteiger partial charge in [0, 0.05) is 26.7 Å². The van der Waals surface area contributed by atoms with Crippen molar-refractivity contribution in [2.45, 2.75) is 25.0 Å². The van der Waals surface area contributed by atoms with Crippen LogP contribution in [0.3, 0.4) is 0 Å². The molecule has 2 atom stereocenters. The van der Waals surface area contributed by atoms with Crippen LogP contribution in [0.5, 0.6) is 0 Å². The Morgan fingerprint density at radius 3 is 2.86 bits per heavy atom. The summed E-state index contributed by atoms with van der Waals surface area (Å²) in [5.41, 5.74) is -0.539. The summed E-state index contributed by atoms with van der Waals surface area (Å²) < 4.78 is 5.18. The molecular formula is C10H22N2O2. The van der Waals surface area contributed by atoms with Crippen molar-refractivity contribution in [3.05, 3.63) is 0 Å². The minimum atomic E-state index is -0.539. The highest BCUT2D eigenvalue weighted by atomic mass is 16.5. The molecule has 0 saturated carbocycles. The van der Waals surface area contributed by atoms with Crippen molar-refractivity contribution in [3.8, 4) is 0 Å². The van der Waals surface area contributed by atoms with E-state index < -0.39 is 5.60 Å². The second-order valence-corrected chi connectivity index (χ2v) is 4.39. The highest BCUT2D eigenvalue weighted by Gasteiger charge is 2.32. The third-order valence-corrected chi connectivity index (χ3v) is 2.76. The molecule has 0 aromatic carbocycles. The quantitative estimate of drug-likeness (QED) is 0.641. The summed E-state index contributed by atoms with van der Waals surface area (Å²) in [6.07, 6.45) is 1.07. The summed E-state index contributed by atoms with van der Waals surface area (Å²) in [5.74, 6) is 0. The van der Waals surface area contributed by atoms with Gasteiger partial charge in [0.1, 0.15) is 0 Å². The molecule has 1 heterocycles. The van der Waals surface area contributed by atoms with Crippen molar-refractivity contribution in [2.75, 3.05) is 40.3 Å². The van der Waals surface area contributed by atoms with Crippen LogP contribution in [-0.4, -0.2) is 62.0 Å². The molecule has 1 saturated heterocycles. The van der Waals surface area contributed by atoms with Gasteiger partial charge in [0.2, 0.25) is 0 Å². The lowest BCUT2D eigenvalue weighted by molar-refractivity contribution is 0.0106. The Morgan fingerprint density at radius 2 is 2.36 bits per heavy atom. The van der Waals surface area contributed by atoms with Gasteiger partial charge in [-0.2, -0.15) is 0 Å². The predicted octanol–water partition coefficient (Wildman–Crippen LogP) is -0.322. The van der Waals surface area contributed by atoms with Gasteiger partial charge >= 0.3 is 0 Å². The van der Waals surface area contributed by atoms with E-state index in [0.717, 1.165) is 19.5 Å². The van der Waals surface area contributed by atoms with Crippen LogP contribution < -0.4 is 5.32 Å². The predicted molar refractivity (Wildman–Crippen MR) is 56.4 cm³/mol. The Labute approximate surface area is 86.2 Å². The molecule has 1 rings (SSSR count). The van der Waals surface area contributed by atoms with Crippen molar-refractivity contribution in [1.82, 2.24) is 10.2 Å². The number of β-amino-alcohol motifs (C(OH)–C–C–N with tert-alkyl or cyclic N) is 1. The number of rotatable bonds is 5. The van der Waals surface area contributed by atoms with Crippen LogP contribution in [0.15, 0.2) is 0 Å². The van der Waals surface area contributed by atoms with E-state index in [1.807, 2.05) is 14.0 Å². The zero-order valence-corrected chi connectivity index (χ0v) is 9.42. The maximum Gasteiger partial charge on any atom is 0.0909 e. The molecule has 0 aliphatic carbocycles. The molecule has 14 heavy (non-hydrogen) atoms. The van der Waals surface area contributed by atoms with E-state index in [9.17, 15) is 5.11 Å². The molecule has 4 nitrogen and oxygen atoms in total. The van der Waals surface area contributed by atoms with Gasteiger partial charge in [-0.1, -0.05) is 0 Å². The Hall–Kier alpha value is -0.160. The molecule has 0 aromatic heterocycles. The van der Waals surface area contributed by atoms with Crippen LogP contribution in [0.2, 0.25) is 0 Å². The molecule has 84 valence electrons. The third-order valence-electron chi connectivity index (χ3n) is 2.76. The lowest BCUT2D eigenvalue weighted by Crippen LogP contribution is -2.45. The number of likely N-dealkylation sites (N-methyl/N-ethyl adjacent to an activating group) is 1. The summed E-state index contributed by atoms with van der Waals surface area (Å²) >= 11 is 0. The Morgan fingerprint density at radius 1 is 1.64 bits per heavy atom. The first-order valence-electron chi connectivity index (χ1n) is 5.20. The molecule has 2 unspecified atom stereocenters. The summed E-state index contributed by atoms with van der Waals surface area (Å²) in [6, 6.07) is 0. The van der Waals surface area contributed by atoms with Gasteiger partial charge in [0.05, 0.1) is 11.7 Å². The van der Waals surface area contributed by atoms with Gasteiger partial charge in [-0.15, -0.1) is 0 Å². The number of nitrogens with one attached hydrogen (secondary N) is 1. The zero-order chi connectivity index (χ0) is 10.6. The van der Waals surface area contributed by atoms with E-state index in [2.05, 4.69) is 10.2 Å². The smallest absolute Gasteiger partial charge is 0.0909 e.